The second-order valence-corrected chi connectivity index (χ2v) is 9.22. The molecule has 1 heterocycles. The lowest BCUT2D eigenvalue weighted by molar-refractivity contribution is 0.0859. The molecule has 0 radical (unpaired) electrons. The fourth-order valence-corrected chi connectivity index (χ4v) is 5.13. The molecule has 1 aliphatic rings. The number of nitrogens with one attached hydrogen (secondary N) is 1. The van der Waals surface area contributed by atoms with E-state index in [2.05, 4.69) is 70.8 Å². The van der Waals surface area contributed by atoms with Crippen molar-refractivity contribution in [1.29, 1.82) is 0 Å². The van der Waals surface area contributed by atoms with Gasteiger partial charge in [0.1, 0.15) is 4.88 Å². The predicted molar refractivity (Wildman–Crippen MR) is 118 cm³/mol. The number of thiazole rings is 1. The van der Waals surface area contributed by atoms with Crippen LogP contribution in [0, 0.1) is 13.8 Å². The monoisotopic (exact) mass is 405 g/mol. The molecular weight excluding hydrogens is 378 g/mol. The van der Waals surface area contributed by atoms with E-state index in [1.807, 2.05) is 19.9 Å². The van der Waals surface area contributed by atoms with Crippen LogP contribution in [0.3, 0.4) is 0 Å². The van der Waals surface area contributed by atoms with Crippen LogP contribution < -0.4 is 5.32 Å². The van der Waals surface area contributed by atoms with Gasteiger partial charge in [0, 0.05) is 18.6 Å². The topological polar surface area (TPSA) is 45.2 Å². The molecule has 1 amide bonds. The highest BCUT2D eigenvalue weighted by atomic mass is 32.1. The fraction of sp³-hybridized carbons (Fsp3) is 0.333. The zero-order chi connectivity index (χ0) is 20.4. The molecule has 4 rings (SSSR count). The Morgan fingerprint density at radius 2 is 1.69 bits per heavy atom. The van der Waals surface area contributed by atoms with Crippen LogP contribution in [0.1, 0.15) is 37.1 Å². The number of carbonyl (C=O) groups excluding carboxylic acids is 1. The summed E-state index contributed by atoms with van der Waals surface area (Å²) >= 11 is 1.47. The maximum absolute atomic E-state index is 12.9. The molecule has 1 N–H and O–H groups in total. The first kappa shape index (κ1) is 19.8. The molecule has 0 bridgehead atoms. The van der Waals surface area contributed by atoms with Gasteiger partial charge in [-0.2, -0.15) is 0 Å². The Morgan fingerprint density at radius 3 is 2.28 bits per heavy atom. The number of carbonyl (C=O) groups is 1. The Bertz CT molecular complexity index is 987. The second-order valence-electron chi connectivity index (χ2n) is 8.02. The number of hydrogen-bond acceptors (Lipinski definition) is 4. The highest BCUT2D eigenvalue weighted by Crippen LogP contribution is 2.34. The minimum atomic E-state index is -0.136. The SMILES string of the molecule is Cc1nc(C)c(C(=O)NCC2(N(C)Cc3ccccc3)Cc3ccccc3C2)s1. The smallest absolute Gasteiger partial charge is 0.263 e. The van der Waals surface area contributed by atoms with Crippen molar-refractivity contribution in [3.8, 4) is 0 Å². The molecule has 0 unspecified atom stereocenters. The third-order valence-corrected chi connectivity index (χ3v) is 6.99. The molecule has 1 aliphatic carbocycles. The van der Waals surface area contributed by atoms with Crippen LogP contribution in [-0.4, -0.2) is 34.9 Å². The molecule has 0 saturated heterocycles. The largest absolute Gasteiger partial charge is 0.349 e. The Labute approximate surface area is 176 Å². The normalized spacial score (nSPS) is 14.8. The van der Waals surface area contributed by atoms with E-state index in [-0.39, 0.29) is 11.4 Å². The number of nitrogens with zero attached hydrogens (tertiary/aromatic N) is 2. The number of aromatic nitrogens is 1. The molecule has 4 nitrogen and oxygen atoms in total. The molecule has 0 spiro atoms. The van der Waals surface area contributed by atoms with Gasteiger partial charge in [0.15, 0.2) is 0 Å². The molecule has 0 atom stereocenters. The molecule has 0 saturated carbocycles. The highest BCUT2D eigenvalue weighted by molar-refractivity contribution is 7.13. The van der Waals surface area contributed by atoms with Gasteiger partial charge in [0.25, 0.3) is 5.91 Å². The molecule has 2 aromatic carbocycles. The molecule has 0 fully saturated rings. The summed E-state index contributed by atoms with van der Waals surface area (Å²) in [4.78, 5) is 20.4. The van der Waals surface area contributed by atoms with E-state index in [0.29, 0.717) is 6.54 Å². The number of rotatable bonds is 6. The van der Waals surface area contributed by atoms with Crippen molar-refractivity contribution in [2.45, 2.75) is 38.8 Å². The number of fused-ring (bicyclic) bond motifs is 1. The average Bonchev–Trinajstić information content (AvgIpc) is 3.27. The van der Waals surface area contributed by atoms with E-state index in [1.165, 1.54) is 28.0 Å². The highest BCUT2D eigenvalue weighted by Gasteiger charge is 2.41. The van der Waals surface area contributed by atoms with Crippen molar-refractivity contribution in [2.75, 3.05) is 13.6 Å². The maximum Gasteiger partial charge on any atom is 0.263 e. The minimum Gasteiger partial charge on any atom is -0.349 e. The molecule has 150 valence electrons. The molecule has 1 aromatic heterocycles. The molecule has 3 aromatic rings. The second kappa shape index (κ2) is 8.09. The zero-order valence-corrected chi connectivity index (χ0v) is 18.1. The summed E-state index contributed by atoms with van der Waals surface area (Å²) in [6.45, 7) is 5.31. The van der Waals surface area contributed by atoms with Crippen molar-refractivity contribution >= 4 is 17.2 Å². The molecule has 29 heavy (non-hydrogen) atoms. The summed E-state index contributed by atoms with van der Waals surface area (Å²) in [7, 11) is 2.17. The van der Waals surface area contributed by atoms with Gasteiger partial charge in [-0.1, -0.05) is 54.6 Å². The Hall–Kier alpha value is -2.50. The van der Waals surface area contributed by atoms with Gasteiger partial charge >= 0.3 is 0 Å². The molecule has 0 aliphatic heterocycles. The third kappa shape index (κ3) is 4.11. The van der Waals surface area contributed by atoms with Crippen LogP contribution >= 0.6 is 11.3 Å². The van der Waals surface area contributed by atoms with E-state index in [9.17, 15) is 4.79 Å². The lowest BCUT2D eigenvalue weighted by Crippen LogP contribution is -2.54. The van der Waals surface area contributed by atoms with Crippen LogP contribution in [0.25, 0.3) is 0 Å². The standard InChI is InChI=1S/C24H27N3OS/c1-17-22(29-18(2)26-17)23(28)25-16-24(13-20-11-7-8-12-21(20)14-24)27(3)15-19-9-5-4-6-10-19/h4-12H,13-16H2,1-3H3,(H,25,28). The van der Waals surface area contributed by atoms with Gasteiger partial charge in [0.05, 0.1) is 10.7 Å². The first-order valence-corrected chi connectivity index (χ1v) is 10.8. The van der Waals surface area contributed by atoms with E-state index < -0.39 is 0 Å². The van der Waals surface area contributed by atoms with Crippen molar-refractivity contribution < 1.29 is 4.79 Å². The lowest BCUT2D eigenvalue weighted by Gasteiger charge is -2.39. The summed E-state index contributed by atoms with van der Waals surface area (Å²) in [5.74, 6) is -0.0171. The average molecular weight is 406 g/mol. The summed E-state index contributed by atoms with van der Waals surface area (Å²) in [6.07, 6.45) is 1.88. The predicted octanol–water partition coefficient (Wildman–Crippen LogP) is 4.16. The van der Waals surface area contributed by atoms with Crippen LogP contribution in [0.15, 0.2) is 54.6 Å². The third-order valence-electron chi connectivity index (χ3n) is 5.92. The summed E-state index contributed by atoms with van der Waals surface area (Å²) in [5.41, 5.74) is 4.72. The summed E-state index contributed by atoms with van der Waals surface area (Å²) < 4.78 is 0. The van der Waals surface area contributed by atoms with Crippen molar-refractivity contribution in [2.24, 2.45) is 0 Å². The van der Waals surface area contributed by atoms with Gasteiger partial charge in [-0.15, -0.1) is 11.3 Å². The molecule has 5 heteroatoms. The first-order chi connectivity index (χ1) is 14.0. The minimum absolute atomic E-state index is 0.0171. The Balaban J connectivity index is 1.56. The number of benzene rings is 2. The van der Waals surface area contributed by atoms with Crippen LogP contribution in [0.5, 0.6) is 0 Å². The van der Waals surface area contributed by atoms with Gasteiger partial charge in [-0.05, 0) is 50.4 Å². The Kier molecular flexibility index (Phi) is 5.52. The van der Waals surface area contributed by atoms with Crippen molar-refractivity contribution in [3.63, 3.8) is 0 Å². The summed E-state index contributed by atoms with van der Waals surface area (Å²) in [6, 6.07) is 19.2. The van der Waals surface area contributed by atoms with Gasteiger partial charge in [-0.3, -0.25) is 9.69 Å². The maximum atomic E-state index is 12.9. The van der Waals surface area contributed by atoms with E-state index in [1.54, 1.807) is 0 Å². The number of amides is 1. The number of hydrogen-bond donors (Lipinski definition) is 1. The van der Waals surface area contributed by atoms with E-state index in [4.69, 9.17) is 0 Å². The van der Waals surface area contributed by atoms with Gasteiger partial charge in [-0.25, -0.2) is 4.98 Å². The van der Waals surface area contributed by atoms with E-state index in [0.717, 1.165) is 35.0 Å². The zero-order valence-electron chi connectivity index (χ0n) is 17.2. The quantitative estimate of drug-likeness (QED) is 0.670. The summed E-state index contributed by atoms with van der Waals surface area (Å²) in [5, 5.41) is 4.15. The first-order valence-electron chi connectivity index (χ1n) is 10.0. The number of aryl methyl sites for hydroxylation is 2. The molecular formula is C24H27N3OS. The van der Waals surface area contributed by atoms with Crippen molar-refractivity contribution in [1.82, 2.24) is 15.2 Å². The lowest BCUT2D eigenvalue weighted by atomic mass is 9.92. The fourth-order valence-electron chi connectivity index (χ4n) is 4.30. The van der Waals surface area contributed by atoms with Crippen LogP contribution in [0.2, 0.25) is 0 Å². The van der Waals surface area contributed by atoms with Crippen molar-refractivity contribution in [3.05, 3.63) is 86.9 Å². The van der Waals surface area contributed by atoms with Gasteiger partial charge < -0.3 is 5.32 Å². The Morgan fingerprint density at radius 1 is 1.07 bits per heavy atom. The van der Waals surface area contributed by atoms with E-state index >= 15 is 0 Å². The van der Waals surface area contributed by atoms with Crippen LogP contribution in [-0.2, 0) is 19.4 Å². The van der Waals surface area contributed by atoms with Gasteiger partial charge in [0.2, 0.25) is 0 Å². The number of likely N-dealkylation sites (N-methyl/N-ethyl adjacent to an activating group) is 1. The van der Waals surface area contributed by atoms with Crippen LogP contribution in [0.4, 0.5) is 0 Å².